The predicted octanol–water partition coefficient (Wildman–Crippen LogP) is 0.970. The van der Waals surface area contributed by atoms with Crippen LogP contribution in [-0.2, 0) is 7.05 Å². The third kappa shape index (κ3) is 1.49. The molecule has 1 heterocycles. The molecule has 0 aliphatic heterocycles. The summed E-state index contributed by atoms with van der Waals surface area (Å²) >= 11 is 4.24. The van der Waals surface area contributed by atoms with Crippen molar-refractivity contribution in [1.82, 2.24) is 9.55 Å². The number of nitrogens with zero attached hydrogens (tertiary/aromatic N) is 2. The zero-order valence-corrected chi connectivity index (χ0v) is 8.94. The van der Waals surface area contributed by atoms with Crippen molar-refractivity contribution < 1.29 is 5.11 Å². The van der Waals surface area contributed by atoms with Crippen molar-refractivity contribution in [2.24, 2.45) is 7.05 Å². The van der Waals surface area contributed by atoms with E-state index in [1.165, 1.54) is 16.3 Å². The van der Waals surface area contributed by atoms with E-state index >= 15 is 0 Å². The molecule has 0 atom stereocenters. The van der Waals surface area contributed by atoms with Gasteiger partial charge in [0.05, 0.1) is 0 Å². The van der Waals surface area contributed by atoms with E-state index in [1.807, 2.05) is 0 Å². The highest BCUT2D eigenvalue weighted by molar-refractivity contribution is 9.10. The van der Waals surface area contributed by atoms with Crippen LogP contribution in [0.15, 0.2) is 14.4 Å². The molecule has 1 N–H and O–H groups in total. The molecular weight excluding hydrogens is 244 g/mol. The molecule has 0 saturated heterocycles. The van der Waals surface area contributed by atoms with E-state index in [4.69, 9.17) is 5.11 Å². The van der Waals surface area contributed by atoms with Gasteiger partial charge in [-0.15, -0.1) is 0 Å². The minimum absolute atomic E-state index is 0.0998. The molecular formula is C6H7BrN2O2S. The molecule has 1 rings (SSSR count). The molecule has 1 aromatic rings. The van der Waals surface area contributed by atoms with Crippen molar-refractivity contribution in [1.29, 1.82) is 0 Å². The van der Waals surface area contributed by atoms with Crippen molar-refractivity contribution in [3.63, 3.8) is 0 Å². The summed E-state index contributed by atoms with van der Waals surface area (Å²) in [4.78, 5) is 15.1. The Morgan fingerprint density at radius 2 is 2.25 bits per heavy atom. The summed E-state index contributed by atoms with van der Waals surface area (Å²) < 4.78 is 1.47. The number of halogens is 1. The Kier molecular flexibility index (Phi) is 2.79. The zero-order chi connectivity index (χ0) is 9.30. The lowest BCUT2D eigenvalue weighted by atomic mass is 10.6. The quantitative estimate of drug-likeness (QED) is 0.597. The van der Waals surface area contributed by atoms with E-state index in [9.17, 15) is 4.79 Å². The van der Waals surface area contributed by atoms with Crippen LogP contribution < -0.4 is 5.56 Å². The van der Waals surface area contributed by atoms with E-state index in [-0.39, 0.29) is 15.9 Å². The third-order valence-electron chi connectivity index (χ3n) is 1.36. The van der Waals surface area contributed by atoms with Crippen molar-refractivity contribution in [2.45, 2.75) is 5.16 Å². The average Bonchev–Trinajstić information content (AvgIpc) is 2.08. The molecule has 0 aromatic carbocycles. The fraction of sp³-hybridized carbons (Fsp3) is 0.333. The molecule has 66 valence electrons. The van der Waals surface area contributed by atoms with Crippen molar-refractivity contribution >= 4 is 27.7 Å². The van der Waals surface area contributed by atoms with Gasteiger partial charge in [0, 0.05) is 7.05 Å². The van der Waals surface area contributed by atoms with Gasteiger partial charge in [0.25, 0.3) is 5.56 Å². The average molecular weight is 251 g/mol. The van der Waals surface area contributed by atoms with Gasteiger partial charge in [0.15, 0.2) is 5.16 Å². The van der Waals surface area contributed by atoms with E-state index in [1.54, 1.807) is 13.3 Å². The SMILES string of the molecule is CSc1nc(O)c(Br)c(=O)n1C. The predicted molar refractivity (Wildman–Crippen MR) is 50.6 cm³/mol. The number of aromatic hydroxyl groups is 1. The fourth-order valence-electron chi connectivity index (χ4n) is 0.727. The molecule has 12 heavy (non-hydrogen) atoms. The van der Waals surface area contributed by atoms with Gasteiger partial charge in [0.1, 0.15) is 4.47 Å². The first-order chi connectivity index (χ1) is 5.57. The van der Waals surface area contributed by atoms with E-state index in [2.05, 4.69) is 20.9 Å². The van der Waals surface area contributed by atoms with Crippen LogP contribution in [-0.4, -0.2) is 20.9 Å². The molecule has 6 heteroatoms. The normalized spacial score (nSPS) is 10.2. The van der Waals surface area contributed by atoms with Crippen LogP contribution in [0.2, 0.25) is 0 Å². The first kappa shape index (κ1) is 9.60. The summed E-state index contributed by atoms with van der Waals surface area (Å²) in [5.41, 5.74) is -0.285. The van der Waals surface area contributed by atoms with Crippen LogP contribution in [0.3, 0.4) is 0 Å². The number of rotatable bonds is 1. The first-order valence-corrected chi connectivity index (χ1v) is 5.09. The van der Waals surface area contributed by atoms with E-state index in [0.29, 0.717) is 5.16 Å². The van der Waals surface area contributed by atoms with Crippen molar-refractivity contribution in [2.75, 3.05) is 6.26 Å². The van der Waals surface area contributed by atoms with Gasteiger partial charge in [-0.3, -0.25) is 9.36 Å². The zero-order valence-electron chi connectivity index (χ0n) is 6.54. The Balaban J connectivity index is 3.50. The maximum absolute atomic E-state index is 11.3. The fourth-order valence-corrected chi connectivity index (χ4v) is 1.62. The summed E-state index contributed by atoms with van der Waals surface area (Å²) in [6.07, 6.45) is 1.79. The molecule has 0 bridgehead atoms. The summed E-state index contributed by atoms with van der Waals surface area (Å²) in [6.45, 7) is 0. The number of hydrogen-bond donors (Lipinski definition) is 1. The highest BCUT2D eigenvalue weighted by Gasteiger charge is 2.09. The number of thioether (sulfide) groups is 1. The maximum atomic E-state index is 11.3. The number of aromatic nitrogens is 2. The van der Waals surface area contributed by atoms with Gasteiger partial charge >= 0.3 is 0 Å². The molecule has 0 aliphatic rings. The molecule has 1 aromatic heterocycles. The summed E-state index contributed by atoms with van der Waals surface area (Å²) in [5, 5.41) is 9.64. The Hall–Kier alpha value is -0.490. The molecule has 0 aliphatic carbocycles. The Morgan fingerprint density at radius 1 is 1.67 bits per heavy atom. The van der Waals surface area contributed by atoms with Crippen LogP contribution in [0.1, 0.15) is 0 Å². The van der Waals surface area contributed by atoms with Crippen LogP contribution in [0.4, 0.5) is 0 Å². The van der Waals surface area contributed by atoms with Crippen LogP contribution in [0.25, 0.3) is 0 Å². The second-order valence-corrected chi connectivity index (χ2v) is 3.67. The highest BCUT2D eigenvalue weighted by Crippen LogP contribution is 2.19. The van der Waals surface area contributed by atoms with Crippen LogP contribution >= 0.6 is 27.7 Å². The molecule has 0 spiro atoms. The van der Waals surface area contributed by atoms with E-state index < -0.39 is 0 Å². The minimum Gasteiger partial charge on any atom is -0.492 e. The molecule has 0 fully saturated rings. The summed E-state index contributed by atoms with van der Waals surface area (Å²) in [7, 11) is 1.60. The minimum atomic E-state index is -0.285. The number of hydrogen-bond acceptors (Lipinski definition) is 4. The van der Waals surface area contributed by atoms with Gasteiger partial charge in [-0.25, -0.2) is 0 Å². The van der Waals surface area contributed by atoms with Crippen molar-refractivity contribution in [3.05, 3.63) is 14.8 Å². The molecule has 0 saturated carbocycles. The third-order valence-corrected chi connectivity index (χ3v) is 2.78. The second-order valence-electron chi connectivity index (χ2n) is 2.10. The Morgan fingerprint density at radius 3 is 2.75 bits per heavy atom. The van der Waals surface area contributed by atoms with Crippen LogP contribution in [0.5, 0.6) is 5.88 Å². The van der Waals surface area contributed by atoms with Crippen LogP contribution in [0, 0.1) is 0 Å². The maximum Gasteiger partial charge on any atom is 0.272 e. The van der Waals surface area contributed by atoms with Gasteiger partial charge in [0.2, 0.25) is 5.88 Å². The monoisotopic (exact) mass is 250 g/mol. The lowest BCUT2D eigenvalue weighted by Crippen LogP contribution is -2.20. The molecule has 4 nitrogen and oxygen atoms in total. The molecule has 0 radical (unpaired) electrons. The lowest BCUT2D eigenvalue weighted by Gasteiger charge is -2.04. The first-order valence-electron chi connectivity index (χ1n) is 3.07. The molecule has 0 unspecified atom stereocenters. The van der Waals surface area contributed by atoms with Gasteiger partial charge in [-0.2, -0.15) is 4.98 Å². The lowest BCUT2D eigenvalue weighted by molar-refractivity contribution is 0.433. The van der Waals surface area contributed by atoms with E-state index in [0.717, 1.165) is 0 Å². The Labute approximate surface area is 81.8 Å². The smallest absolute Gasteiger partial charge is 0.272 e. The highest BCUT2D eigenvalue weighted by atomic mass is 79.9. The standard InChI is InChI=1S/C6H7BrN2O2S/c1-9-5(11)3(7)4(10)8-6(9)12-2/h10H,1-2H3. The van der Waals surface area contributed by atoms with Gasteiger partial charge in [-0.1, -0.05) is 11.8 Å². The summed E-state index contributed by atoms with van der Waals surface area (Å²) in [6, 6.07) is 0. The summed E-state index contributed by atoms with van der Waals surface area (Å²) in [5.74, 6) is -0.262. The Bertz CT molecular complexity index is 363. The topological polar surface area (TPSA) is 55.1 Å². The second kappa shape index (κ2) is 3.49. The van der Waals surface area contributed by atoms with Gasteiger partial charge < -0.3 is 5.11 Å². The largest absolute Gasteiger partial charge is 0.492 e. The molecule has 0 amide bonds. The van der Waals surface area contributed by atoms with Gasteiger partial charge in [-0.05, 0) is 22.2 Å². The van der Waals surface area contributed by atoms with Crippen molar-refractivity contribution in [3.8, 4) is 5.88 Å².